The minimum Gasteiger partial charge on any atom is -1.00 e. The summed E-state index contributed by atoms with van der Waals surface area (Å²) in [6, 6.07) is 14.5. The highest BCUT2D eigenvalue weighted by atomic mass is 35.5. The highest BCUT2D eigenvalue weighted by molar-refractivity contribution is 5.80. The lowest BCUT2D eigenvalue weighted by molar-refractivity contribution is -0.347. The van der Waals surface area contributed by atoms with Crippen LogP contribution in [0.3, 0.4) is 0 Å². The molecule has 6 heteroatoms. The van der Waals surface area contributed by atoms with Crippen LogP contribution in [0.25, 0.3) is 11.4 Å². The zero-order valence-corrected chi connectivity index (χ0v) is 16.2. The first-order valence-electron chi connectivity index (χ1n) is 8.08. The fourth-order valence-corrected chi connectivity index (χ4v) is 2.59. The molecular formula is C20H26ClN3O2. The SMILES string of the molecule is COc1cc(-c2ccc[nH]2)[nH]c1C=[NH+]c1ccc(C(C)(C)C)cc1.O.[Cl-]. The van der Waals surface area contributed by atoms with E-state index in [9.17, 15) is 0 Å². The third kappa shape index (κ3) is 4.77. The number of hydrogen-bond acceptors (Lipinski definition) is 1. The second-order valence-corrected chi connectivity index (χ2v) is 6.86. The lowest BCUT2D eigenvalue weighted by Crippen LogP contribution is -3.00. The lowest BCUT2D eigenvalue weighted by Gasteiger charge is -2.18. The van der Waals surface area contributed by atoms with Crippen LogP contribution in [0.5, 0.6) is 5.75 Å². The van der Waals surface area contributed by atoms with Crippen LogP contribution in [0.2, 0.25) is 0 Å². The largest absolute Gasteiger partial charge is 1.00 e. The van der Waals surface area contributed by atoms with E-state index in [0.29, 0.717) is 0 Å². The number of nitrogens with one attached hydrogen (secondary N) is 3. The fraction of sp³-hybridized carbons (Fsp3) is 0.250. The first-order chi connectivity index (χ1) is 11.5. The van der Waals surface area contributed by atoms with Crippen molar-refractivity contribution in [3.63, 3.8) is 0 Å². The Balaban J connectivity index is 0.00000169. The van der Waals surface area contributed by atoms with Crippen LogP contribution in [-0.2, 0) is 5.41 Å². The molecule has 0 atom stereocenters. The smallest absolute Gasteiger partial charge is 0.203 e. The van der Waals surface area contributed by atoms with Crippen LogP contribution < -0.4 is 22.1 Å². The van der Waals surface area contributed by atoms with Gasteiger partial charge in [-0.2, -0.15) is 0 Å². The van der Waals surface area contributed by atoms with Crippen LogP contribution in [0.1, 0.15) is 32.0 Å². The molecule has 2 heterocycles. The van der Waals surface area contributed by atoms with Gasteiger partial charge in [-0.1, -0.05) is 32.9 Å². The molecule has 0 bridgehead atoms. The molecule has 0 aliphatic heterocycles. The van der Waals surface area contributed by atoms with Crippen molar-refractivity contribution in [1.29, 1.82) is 0 Å². The van der Waals surface area contributed by atoms with Crippen molar-refractivity contribution in [2.24, 2.45) is 0 Å². The molecule has 0 saturated carbocycles. The Bertz CT molecular complexity index is 829. The maximum Gasteiger partial charge on any atom is 0.203 e. The van der Waals surface area contributed by atoms with Crippen molar-refractivity contribution in [3.8, 4) is 17.1 Å². The van der Waals surface area contributed by atoms with Crippen molar-refractivity contribution in [3.05, 3.63) is 59.9 Å². The summed E-state index contributed by atoms with van der Waals surface area (Å²) in [7, 11) is 1.68. The molecule has 0 radical (unpaired) electrons. The molecular weight excluding hydrogens is 350 g/mol. The van der Waals surface area contributed by atoms with Gasteiger partial charge < -0.3 is 32.6 Å². The number of H-pyrrole nitrogens is 2. The van der Waals surface area contributed by atoms with E-state index in [1.165, 1.54) is 5.56 Å². The molecule has 3 aromatic rings. The number of benzene rings is 1. The topological polar surface area (TPSA) is 86.3 Å². The molecule has 1 aromatic carbocycles. The maximum atomic E-state index is 5.46. The summed E-state index contributed by atoms with van der Waals surface area (Å²) in [4.78, 5) is 9.88. The minimum atomic E-state index is 0. The normalized spacial score (nSPS) is 11.1. The van der Waals surface area contributed by atoms with Gasteiger partial charge in [-0.15, -0.1) is 0 Å². The van der Waals surface area contributed by atoms with E-state index in [1.54, 1.807) is 7.11 Å². The number of methoxy groups -OCH3 is 1. The molecule has 3 rings (SSSR count). The lowest BCUT2D eigenvalue weighted by atomic mass is 9.87. The van der Waals surface area contributed by atoms with Gasteiger partial charge in [-0.3, -0.25) is 0 Å². The number of aromatic nitrogens is 2. The summed E-state index contributed by atoms with van der Waals surface area (Å²) in [5, 5.41) is 0. The van der Waals surface area contributed by atoms with E-state index >= 15 is 0 Å². The van der Waals surface area contributed by atoms with Crippen molar-refractivity contribution >= 4 is 11.9 Å². The average Bonchev–Trinajstić information content (AvgIpc) is 3.21. The molecule has 26 heavy (non-hydrogen) atoms. The number of ether oxygens (including phenoxy) is 1. The standard InChI is InChI=1S/C20H23N3O.ClH.H2O/c1-20(2,3)14-7-9-15(10-8-14)22-13-18-19(24-4)12-17(23-18)16-6-5-11-21-16;;/h5-13,21,23H,1-4H3;1H;1H2. The van der Waals surface area contributed by atoms with Crippen LogP contribution in [0.4, 0.5) is 5.69 Å². The number of aromatic amines is 2. The van der Waals surface area contributed by atoms with Gasteiger partial charge in [0.05, 0.1) is 18.5 Å². The van der Waals surface area contributed by atoms with E-state index in [0.717, 1.165) is 28.5 Å². The summed E-state index contributed by atoms with van der Waals surface area (Å²) in [6.45, 7) is 6.65. The predicted octanol–water partition coefficient (Wildman–Crippen LogP) is -0.674. The predicted molar refractivity (Wildman–Crippen MR) is 102 cm³/mol. The Hall–Kier alpha value is -2.50. The van der Waals surface area contributed by atoms with E-state index in [2.05, 4.69) is 60.0 Å². The van der Waals surface area contributed by atoms with E-state index in [-0.39, 0.29) is 23.3 Å². The molecule has 0 spiro atoms. The molecule has 0 amide bonds. The van der Waals surface area contributed by atoms with Crippen LogP contribution in [-0.4, -0.2) is 28.8 Å². The van der Waals surface area contributed by atoms with Crippen molar-refractivity contribution in [1.82, 2.24) is 9.97 Å². The molecule has 5 N–H and O–H groups in total. The van der Waals surface area contributed by atoms with Gasteiger partial charge in [-0.25, -0.2) is 4.99 Å². The highest BCUT2D eigenvalue weighted by Gasteiger charge is 2.14. The van der Waals surface area contributed by atoms with Crippen LogP contribution in [0, 0.1) is 0 Å². The third-order valence-corrected chi connectivity index (χ3v) is 4.05. The molecule has 140 valence electrons. The zero-order valence-electron chi connectivity index (χ0n) is 15.5. The Morgan fingerprint density at radius 2 is 1.73 bits per heavy atom. The second-order valence-electron chi connectivity index (χ2n) is 6.86. The zero-order chi connectivity index (χ0) is 17.2. The Labute approximate surface area is 160 Å². The maximum absolute atomic E-state index is 5.46. The summed E-state index contributed by atoms with van der Waals surface area (Å²) in [5.74, 6) is 0.804. The fourth-order valence-electron chi connectivity index (χ4n) is 2.59. The number of hydrogen-bond donors (Lipinski definition) is 3. The van der Waals surface area contributed by atoms with Crippen molar-refractivity contribution in [2.45, 2.75) is 26.2 Å². The van der Waals surface area contributed by atoms with Crippen molar-refractivity contribution < 1.29 is 27.6 Å². The Morgan fingerprint density at radius 1 is 1.04 bits per heavy atom. The molecule has 0 aliphatic carbocycles. The molecule has 5 nitrogen and oxygen atoms in total. The monoisotopic (exact) mass is 375 g/mol. The highest BCUT2D eigenvalue weighted by Crippen LogP contribution is 2.25. The van der Waals surface area contributed by atoms with E-state index in [1.807, 2.05) is 30.6 Å². The van der Waals surface area contributed by atoms with Gasteiger partial charge in [0.1, 0.15) is 5.69 Å². The van der Waals surface area contributed by atoms with E-state index in [4.69, 9.17) is 4.74 Å². The quantitative estimate of drug-likeness (QED) is 0.519. The molecule has 0 fully saturated rings. The van der Waals surface area contributed by atoms with Crippen LogP contribution in [0.15, 0.2) is 48.7 Å². The van der Waals surface area contributed by atoms with Gasteiger partial charge in [0.15, 0.2) is 12.0 Å². The second kappa shape index (κ2) is 8.74. The summed E-state index contributed by atoms with van der Waals surface area (Å²) >= 11 is 0. The summed E-state index contributed by atoms with van der Waals surface area (Å²) < 4.78 is 5.46. The molecule has 0 aliphatic rings. The number of halogens is 1. The van der Waals surface area contributed by atoms with Gasteiger partial charge in [0, 0.05) is 24.4 Å². The average molecular weight is 376 g/mol. The van der Waals surface area contributed by atoms with Gasteiger partial charge >= 0.3 is 0 Å². The van der Waals surface area contributed by atoms with Gasteiger partial charge in [0.2, 0.25) is 5.69 Å². The number of rotatable bonds is 4. The first kappa shape index (κ1) is 21.5. The Kier molecular flexibility index (Phi) is 7.24. The first-order valence-corrected chi connectivity index (χ1v) is 8.08. The third-order valence-electron chi connectivity index (χ3n) is 4.05. The summed E-state index contributed by atoms with van der Waals surface area (Å²) in [5.41, 5.74) is 5.45. The van der Waals surface area contributed by atoms with E-state index < -0.39 is 0 Å². The van der Waals surface area contributed by atoms with Crippen molar-refractivity contribution in [2.75, 3.05) is 7.11 Å². The Morgan fingerprint density at radius 3 is 2.27 bits per heavy atom. The summed E-state index contributed by atoms with van der Waals surface area (Å²) in [6.07, 6.45) is 3.83. The van der Waals surface area contributed by atoms with Crippen LogP contribution >= 0.6 is 0 Å². The van der Waals surface area contributed by atoms with Gasteiger partial charge in [0.25, 0.3) is 0 Å². The molecule has 0 unspecified atom stereocenters. The minimum absolute atomic E-state index is 0. The van der Waals surface area contributed by atoms with Gasteiger partial charge in [-0.05, 0) is 23.1 Å². The molecule has 2 aromatic heterocycles. The molecule has 0 saturated heterocycles.